The lowest BCUT2D eigenvalue weighted by Crippen LogP contribution is -2.57. The molecule has 1 unspecified atom stereocenters. The van der Waals surface area contributed by atoms with E-state index in [4.69, 9.17) is 14.9 Å². The zero-order valence-corrected chi connectivity index (χ0v) is 18.0. The van der Waals surface area contributed by atoms with E-state index in [1.165, 1.54) is 0 Å². The van der Waals surface area contributed by atoms with Gasteiger partial charge in [-0.15, -0.1) is 0 Å². The predicted molar refractivity (Wildman–Crippen MR) is 117 cm³/mol. The number of hydrogen-bond donors (Lipinski definition) is 5. The van der Waals surface area contributed by atoms with Crippen LogP contribution in [-0.2, 0) is 19.1 Å². The highest BCUT2D eigenvalue weighted by molar-refractivity contribution is 5.90. The van der Waals surface area contributed by atoms with Crippen LogP contribution in [0.15, 0.2) is 48.5 Å². The highest BCUT2D eigenvalue weighted by atomic mass is 16.5. The van der Waals surface area contributed by atoms with Crippen LogP contribution in [-0.4, -0.2) is 65.9 Å². The fourth-order valence-corrected chi connectivity index (χ4v) is 3.56. The van der Waals surface area contributed by atoms with E-state index in [1.807, 2.05) is 48.5 Å². The fourth-order valence-electron chi connectivity index (χ4n) is 3.56. The summed E-state index contributed by atoms with van der Waals surface area (Å²) in [5, 5.41) is 24.8. The summed E-state index contributed by atoms with van der Waals surface area (Å²) in [6, 6.07) is 15.8. The van der Waals surface area contributed by atoms with Crippen molar-refractivity contribution in [3.63, 3.8) is 0 Å². The van der Waals surface area contributed by atoms with Gasteiger partial charge in [-0.2, -0.15) is 0 Å². The lowest BCUT2D eigenvalue weighted by Gasteiger charge is -2.23. The van der Waals surface area contributed by atoms with E-state index in [2.05, 4.69) is 16.0 Å². The van der Waals surface area contributed by atoms with E-state index >= 15 is 0 Å². The van der Waals surface area contributed by atoms with Crippen LogP contribution in [0, 0.1) is 0 Å². The summed E-state index contributed by atoms with van der Waals surface area (Å²) < 4.78 is 5.32. The van der Waals surface area contributed by atoms with Crippen molar-refractivity contribution in [3.05, 3.63) is 59.7 Å². The molecule has 0 bridgehead atoms. The molecule has 3 rings (SSSR count). The minimum absolute atomic E-state index is 0.0960. The number of ether oxygens (including phenoxy) is 1. The quantitative estimate of drug-likeness (QED) is 0.371. The van der Waals surface area contributed by atoms with E-state index in [-0.39, 0.29) is 12.5 Å². The molecule has 1 atom stereocenters. The van der Waals surface area contributed by atoms with Crippen molar-refractivity contribution in [2.45, 2.75) is 18.4 Å². The Morgan fingerprint density at radius 1 is 0.909 bits per heavy atom. The molecular weight excluding hydrogens is 430 g/mol. The highest BCUT2D eigenvalue weighted by Gasteiger charge is 2.34. The van der Waals surface area contributed by atoms with Crippen molar-refractivity contribution in [2.24, 2.45) is 0 Å². The summed E-state index contributed by atoms with van der Waals surface area (Å²) >= 11 is 0. The van der Waals surface area contributed by atoms with Crippen LogP contribution < -0.4 is 16.0 Å². The third-order valence-corrected chi connectivity index (χ3v) is 5.39. The standard InChI is InChI=1S/C23H25N3O7/c1-23(13-27,21(30)31)26-20(29)11-24-19(28)10-25-22(32)33-12-18-16-8-4-2-6-14(16)15-7-3-5-9-17(15)18/h2-9,18,27H,10-13H2,1H3,(H,24,28)(H,25,32)(H,26,29)(H,30,31). The minimum atomic E-state index is -1.86. The molecule has 0 spiro atoms. The van der Waals surface area contributed by atoms with E-state index in [0.29, 0.717) is 0 Å². The first-order valence-electron chi connectivity index (χ1n) is 10.3. The second kappa shape index (κ2) is 10.1. The lowest BCUT2D eigenvalue weighted by atomic mass is 9.98. The molecule has 0 radical (unpaired) electrons. The van der Waals surface area contributed by atoms with Gasteiger partial charge in [0.2, 0.25) is 11.8 Å². The van der Waals surface area contributed by atoms with Crippen molar-refractivity contribution in [2.75, 3.05) is 26.3 Å². The number of carboxylic acid groups (broad SMARTS) is 1. The molecule has 0 heterocycles. The Bertz CT molecular complexity index is 1030. The van der Waals surface area contributed by atoms with E-state index in [0.717, 1.165) is 29.2 Å². The molecule has 0 saturated heterocycles. The minimum Gasteiger partial charge on any atom is -0.479 e. The number of carbonyl (C=O) groups is 4. The fraction of sp³-hybridized carbons (Fsp3) is 0.304. The molecule has 10 nitrogen and oxygen atoms in total. The molecule has 5 N–H and O–H groups in total. The van der Waals surface area contributed by atoms with Gasteiger partial charge in [0.25, 0.3) is 0 Å². The molecule has 0 saturated carbocycles. The zero-order chi connectivity index (χ0) is 24.0. The van der Waals surface area contributed by atoms with Gasteiger partial charge in [-0.05, 0) is 29.2 Å². The molecule has 1 aliphatic carbocycles. The normalized spacial score (nSPS) is 13.8. The Morgan fingerprint density at radius 2 is 1.45 bits per heavy atom. The van der Waals surface area contributed by atoms with Gasteiger partial charge < -0.3 is 30.9 Å². The monoisotopic (exact) mass is 455 g/mol. The van der Waals surface area contributed by atoms with Gasteiger partial charge in [0, 0.05) is 5.92 Å². The van der Waals surface area contributed by atoms with Gasteiger partial charge in [0.1, 0.15) is 13.2 Å². The third kappa shape index (κ3) is 5.47. The topological polar surface area (TPSA) is 154 Å². The van der Waals surface area contributed by atoms with E-state index in [9.17, 15) is 19.2 Å². The van der Waals surface area contributed by atoms with Gasteiger partial charge in [0.05, 0.1) is 13.2 Å². The Labute approximate surface area is 189 Å². The van der Waals surface area contributed by atoms with Crippen LogP contribution >= 0.6 is 0 Å². The molecule has 174 valence electrons. The average Bonchev–Trinajstić information content (AvgIpc) is 3.13. The van der Waals surface area contributed by atoms with Crippen LogP contribution in [0.25, 0.3) is 11.1 Å². The molecule has 0 fully saturated rings. The predicted octanol–water partition coefficient (Wildman–Crippen LogP) is 0.593. The number of fused-ring (bicyclic) bond motifs is 3. The average molecular weight is 455 g/mol. The Hall–Kier alpha value is -3.92. The molecule has 10 heteroatoms. The number of carbonyl (C=O) groups excluding carboxylic acids is 3. The maximum Gasteiger partial charge on any atom is 0.407 e. The van der Waals surface area contributed by atoms with E-state index in [1.54, 1.807) is 0 Å². The molecule has 3 amide bonds. The summed E-state index contributed by atoms with van der Waals surface area (Å²) in [5.41, 5.74) is 2.46. The zero-order valence-electron chi connectivity index (χ0n) is 18.0. The largest absolute Gasteiger partial charge is 0.479 e. The number of amides is 3. The first-order valence-corrected chi connectivity index (χ1v) is 10.3. The van der Waals surface area contributed by atoms with Crippen LogP contribution in [0.5, 0.6) is 0 Å². The summed E-state index contributed by atoms with van der Waals surface area (Å²) in [6.45, 7) is -0.536. The number of aliphatic hydroxyl groups is 1. The number of nitrogens with one attached hydrogen (secondary N) is 3. The number of carboxylic acids is 1. The Morgan fingerprint density at radius 3 is 2.00 bits per heavy atom. The van der Waals surface area contributed by atoms with Gasteiger partial charge in [-0.25, -0.2) is 9.59 Å². The molecular formula is C23H25N3O7. The van der Waals surface area contributed by atoms with Crippen molar-refractivity contribution in [3.8, 4) is 11.1 Å². The number of rotatable bonds is 9. The number of aliphatic hydroxyl groups excluding tert-OH is 1. The number of aliphatic carboxylic acids is 1. The first-order chi connectivity index (χ1) is 15.7. The lowest BCUT2D eigenvalue weighted by molar-refractivity contribution is -0.148. The van der Waals surface area contributed by atoms with Crippen molar-refractivity contribution in [1.82, 2.24) is 16.0 Å². The highest BCUT2D eigenvalue weighted by Crippen LogP contribution is 2.44. The SMILES string of the molecule is CC(CO)(NC(=O)CNC(=O)CNC(=O)OCC1c2ccccc2-c2ccccc21)C(=O)O. The maximum absolute atomic E-state index is 12.1. The number of benzene rings is 2. The Balaban J connectivity index is 1.44. The molecule has 2 aromatic carbocycles. The van der Waals surface area contributed by atoms with Crippen LogP contribution in [0.1, 0.15) is 24.0 Å². The van der Waals surface area contributed by atoms with E-state index < -0.39 is 49.1 Å². The second-order valence-electron chi connectivity index (χ2n) is 7.80. The smallest absolute Gasteiger partial charge is 0.407 e. The third-order valence-electron chi connectivity index (χ3n) is 5.39. The van der Waals surface area contributed by atoms with Crippen LogP contribution in [0.3, 0.4) is 0 Å². The molecule has 0 aliphatic heterocycles. The number of alkyl carbamates (subject to hydrolysis) is 1. The van der Waals surface area contributed by atoms with Crippen molar-refractivity contribution in [1.29, 1.82) is 0 Å². The van der Waals surface area contributed by atoms with Gasteiger partial charge in [-0.3, -0.25) is 9.59 Å². The maximum atomic E-state index is 12.1. The summed E-state index contributed by atoms with van der Waals surface area (Å²) in [5.74, 6) is -3.00. The van der Waals surface area contributed by atoms with Gasteiger partial charge in [-0.1, -0.05) is 48.5 Å². The van der Waals surface area contributed by atoms with Crippen LogP contribution in [0.2, 0.25) is 0 Å². The molecule has 1 aliphatic rings. The van der Waals surface area contributed by atoms with Gasteiger partial charge >= 0.3 is 12.1 Å². The van der Waals surface area contributed by atoms with Gasteiger partial charge in [0.15, 0.2) is 5.54 Å². The summed E-state index contributed by atoms with van der Waals surface area (Å²) in [6.07, 6.45) is -0.782. The van der Waals surface area contributed by atoms with Crippen molar-refractivity contribution >= 4 is 23.9 Å². The summed E-state index contributed by atoms with van der Waals surface area (Å²) in [4.78, 5) is 46.8. The van der Waals surface area contributed by atoms with Crippen molar-refractivity contribution < 1.29 is 34.1 Å². The molecule has 0 aromatic heterocycles. The summed E-state index contributed by atoms with van der Waals surface area (Å²) in [7, 11) is 0. The van der Waals surface area contributed by atoms with Crippen LogP contribution in [0.4, 0.5) is 4.79 Å². The number of hydrogen-bond acceptors (Lipinski definition) is 6. The molecule has 2 aromatic rings. The first kappa shape index (κ1) is 23.7. The molecule has 33 heavy (non-hydrogen) atoms. The second-order valence-corrected chi connectivity index (χ2v) is 7.80. The Kier molecular flexibility index (Phi) is 7.29.